The van der Waals surface area contributed by atoms with Crippen LogP contribution < -0.4 is 0 Å². The molecule has 12 nitrogen and oxygen atoms in total. The SMILES string of the molecule is CCCCCC/C=C/C=C/CCCCCCCC(=O)OC[C@H](CO[C@H]1O[C@H](CS(=O)(=O)O)[C@@H](O)C(O)C1O)OC(=O)CCCCCCCCCCCCCCCC. The van der Waals surface area contributed by atoms with Crippen LogP contribution in [0.2, 0.25) is 0 Å². The number of esters is 2. The predicted molar refractivity (Wildman–Crippen MR) is 224 cm³/mol. The Hall–Kier alpha value is -1.87. The molecule has 0 aromatic heterocycles. The van der Waals surface area contributed by atoms with Crippen molar-refractivity contribution in [2.75, 3.05) is 19.0 Å². The first kappa shape index (κ1) is 53.1. The minimum atomic E-state index is -4.60. The van der Waals surface area contributed by atoms with Crippen LogP contribution in [0.25, 0.3) is 0 Å². The standard InChI is InChI=1S/C44H80O12S/c1-3-5-7-9-11-13-15-17-19-21-22-24-26-28-30-32-39(45)53-34-37(35-54-44-43(49)42(48)41(47)38(56-44)36-57(50,51)52)55-40(46)33-31-29-27-25-23-20-18-16-14-12-10-8-6-4-2/h13,15,17,19,37-38,41-44,47-49H,3-12,14,16,18,20-36H2,1-2H3,(H,50,51,52)/b15-13+,19-17+/t37-,38-,41-,42?,43?,44+/m1/s1. The molecule has 4 N–H and O–H groups in total. The Morgan fingerprint density at radius 2 is 1.04 bits per heavy atom. The Morgan fingerprint density at radius 1 is 0.596 bits per heavy atom. The first-order valence-corrected chi connectivity index (χ1v) is 24.0. The number of aliphatic hydroxyl groups excluding tert-OH is 3. The largest absolute Gasteiger partial charge is 0.462 e. The van der Waals surface area contributed by atoms with Crippen LogP contribution in [0.3, 0.4) is 0 Å². The maximum absolute atomic E-state index is 12.8. The molecule has 334 valence electrons. The average Bonchev–Trinajstić information content (AvgIpc) is 3.17. The molecule has 1 saturated heterocycles. The molecule has 0 radical (unpaired) electrons. The van der Waals surface area contributed by atoms with Crippen molar-refractivity contribution in [1.29, 1.82) is 0 Å². The fraction of sp³-hybridized carbons (Fsp3) is 0.864. The van der Waals surface area contributed by atoms with Gasteiger partial charge < -0.3 is 34.3 Å². The van der Waals surface area contributed by atoms with E-state index in [0.29, 0.717) is 12.8 Å². The van der Waals surface area contributed by atoms with Crippen molar-refractivity contribution in [2.24, 2.45) is 0 Å². The van der Waals surface area contributed by atoms with Crippen LogP contribution in [-0.2, 0) is 38.7 Å². The van der Waals surface area contributed by atoms with Crippen LogP contribution in [0, 0.1) is 0 Å². The summed E-state index contributed by atoms with van der Waals surface area (Å²) in [7, 11) is -4.60. The molecule has 1 heterocycles. The molecule has 0 aromatic carbocycles. The van der Waals surface area contributed by atoms with E-state index in [0.717, 1.165) is 57.8 Å². The molecule has 1 fully saturated rings. The highest BCUT2D eigenvalue weighted by molar-refractivity contribution is 7.85. The molecule has 6 atom stereocenters. The van der Waals surface area contributed by atoms with Crippen LogP contribution in [0.5, 0.6) is 0 Å². The van der Waals surface area contributed by atoms with Gasteiger partial charge in [-0.05, 0) is 38.5 Å². The van der Waals surface area contributed by atoms with Crippen molar-refractivity contribution in [3.05, 3.63) is 24.3 Å². The third-order valence-corrected chi connectivity index (χ3v) is 11.1. The zero-order valence-electron chi connectivity index (χ0n) is 35.4. The molecule has 0 aromatic rings. The van der Waals surface area contributed by atoms with Crippen LogP contribution in [-0.4, -0.2) is 96.0 Å². The third kappa shape index (κ3) is 29.9. The van der Waals surface area contributed by atoms with Gasteiger partial charge >= 0.3 is 11.9 Å². The van der Waals surface area contributed by atoms with E-state index in [2.05, 4.69) is 38.2 Å². The quantitative estimate of drug-likeness (QED) is 0.0202. The van der Waals surface area contributed by atoms with Crippen molar-refractivity contribution in [1.82, 2.24) is 0 Å². The van der Waals surface area contributed by atoms with Crippen molar-refractivity contribution in [2.45, 2.75) is 224 Å². The molecule has 0 bridgehead atoms. The molecular formula is C44H80O12S. The summed E-state index contributed by atoms with van der Waals surface area (Å²) in [6.07, 6.45) is 27.9. The zero-order chi connectivity index (χ0) is 42.0. The van der Waals surface area contributed by atoms with E-state index in [4.69, 9.17) is 18.9 Å². The van der Waals surface area contributed by atoms with Crippen LogP contribution in [0.1, 0.15) is 187 Å². The van der Waals surface area contributed by atoms with Gasteiger partial charge in [0, 0.05) is 12.8 Å². The van der Waals surface area contributed by atoms with Gasteiger partial charge in [-0.1, -0.05) is 160 Å². The van der Waals surface area contributed by atoms with E-state index in [-0.39, 0.29) is 19.4 Å². The third-order valence-electron chi connectivity index (χ3n) is 10.3. The topological polar surface area (TPSA) is 186 Å². The predicted octanol–water partition coefficient (Wildman–Crippen LogP) is 8.84. The Morgan fingerprint density at radius 3 is 1.53 bits per heavy atom. The van der Waals surface area contributed by atoms with E-state index in [1.165, 1.54) is 89.9 Å². The van der Waals surface area contributed by atoms with E-state index in [9.17, 15) is 37.9 Å². The summed E-state index contributed by atoms with van der Waals surface area (Å²) in [6, 6.07) is 0. The van der Waals surface area contributed by atoms with Crippen LogP contribution in [0.4, 0.5) is 0 Å². The molecule has 0 spiro atoms. The molecular weight excluding hydrogens is 753 g/mol. The molecule has 0 saturated carbocycles. The summed E-state index contributed by atoms with van der Waals surface area (Å²) < 4.78 is 54.0. The molecule has 13 heteroatoms. The van der Waals surface area contributed by atoms with E-state index in [1.807, 2.05) is 0 Å². The highest BCUT2D eigenvalue weighted by atomic mass is 32.2. The Balaban J connectivity index is 2.46. The number of carbonyl (C=O) groups is 2. The fourth-order valence-corrected chi connectivity index (χ4v) is 7.48. The smallest absolute Gasteiger partial charge is 0.306 e. The Kier molecular flexibility index (Phi) is 32.6. The van der Waals surface area contributed by atoms with Gasteiger partial charge in [0.15, 0.2) is 12.4 Å². The number of carbonyl (C=O) groups excluding carboxylic acids is 2. The molecule has 57 heavy (non-hydrogen) atoms. The summed E-state index contributed by atoms with van der Waals surface area (Å²) >= 11 is 0. The van der Waals surface area contributed by atoms with Gasteiger partial charge in [-0.15, -0.1) is 0 Å². The summed E-state index contributed by atoms with van der Waals surface area (Å²) in [5, 5.41) is 30.8. The van der Waals surface area contributed by atoms with Crippen LogP contribution in [0.15, 0.2) is 24.3 Å². The van der Waals surface area contributed by atoms with Gasteiger partial charge in [0.05, 0.1) is 6.61 Å². The Labute approximate surface area is 345 Å². The number of ether oxygens (including phenoxy) is 4. The van der Waals surface area contributed by atoms with E-state index >= 15 is 0 Å². The maximum atomic E-state index is 12.8. The summed E-state index contributed by atoms with van der Waals surface area (Å²) in [4.78, 5) is 25.4. The summed E-state index contributed by atoms with van der Waals surface area (Å²) in [5.74, 6) is -1.99. The summed E-state index contributed by atoms with van der Waals surface area (Å²) in [6.45, 7) is 3.73. The molecule has 1 aliphatic rings. The number of hydrogen-bond donors (Lipinski definition) is 4. The molecule has 0 amide bonds. The van der Waals surface area contributed by atoms with E-state index < -0.39 is 71.2 Å². The van der Waals surface area contributed by atoms with Gasteiger partial charge in [0.2, 0.25) is 0 Å². The normalized spacial score (nSPS) is 20.7. The lowest BCUT2D eigenvalue weighted by atomic mass is 10.00. The Bertz CT molecular complexity index is 1160. The van der Waals surface area contributed by atoms with Gasteiger partial charge in [-0.2, -0.15) is 8.42 Å². The minimum Gasteiger partial charge on any atom is -0.462 e. The van der Waals surface area contributed by atoms with Gasteiger partial charge in [-0.25, -0.2) is 0 Å². The van der Waals surface area contributed by atoms with Gasteiger partial charge in [0.25, 0.3) is 10.1 Å². The lowest BCUT2D eigenvalue weighted by Gasteiger charge is -2.40. The zero-order valence-corrected chi connectivity index (χ0v) is 36.3. The molecule has 0 aliphatic carbocycles. The van der Waals surface area contributed by atoms with Crippen molar-refractivity contribution < 1.29 is 56.8 Å². The lowest BCUT2D eigenvalue weighted by molar-refractivity contribution is -0.297. The average molecular weight is 833 g/mol. The highest BCUT2D eigenvalue weighted by Gasteiger charge is 2.46. The summed E-state index contributed by atoms with van der Waals surface area (Å²) in [5.41, 5.74) is 0. The van der Waals surface area contributed by atoms with Gasteiger partial charge in [-0.3, -0.25) is 14.1 Å². The second kappa shape index (κ2) is 34.9. The minimum absolute atomic E-state index is 0.165. The number of aliphatic hydroxyl groups is 3. The van der Waals surface area contributed by atoms with Crippen molar-refractivity contribution in [3.63, 3.8) is 0 Å². The number of allylic oxidation sites excluding steroid dienone is 4. The second-order valence-corrected chi connectivity index (χ2v) is 17.2. The fourth-order valence-electron chi connectivity index (χ4n) is 6.79. The lowest BCUT2D eigenvalue weighted by Crippen LogP contribution is -2.60. The van der Waals surface area contributed by atoms with E-state index in [1.54, 1.807) is 0 Å². The molecule has 1 aliphatic heterocycles. The number of hydrogen-bond acceptors (Lipinski definition) is 11. The maximum Gasteiger partial charge on any atom is 0.306 e. The number of rotatable bonds is 37. The van der Waals surface area contributed by atoms with Crippen molar-refractivity contribution >= 4 is 22.1 Å². The first-order chi connectivity index (χ1) is 27.5. The first-order valence-electron chi connectivity index (χ1n) is 22.4. The molecule has 2 unspecified atom stereocenters. The highest BCUT2D eigenvalue weighted by Crippen LogP contribution is 2.24. The van der Waals surface area contributed by atoms with Gasteiger partial charge in [0.1, 0.15) is 36.8 Å². The second-order valence-electron chi connectivity index (χ2n) is 15.7. The van der Waals surface area contributed by atoms with Crippen LogP contribution >= 0.6 is 0 Å². The molecule has 1 rings (SSSR count). The van der Waals surface area contributed by atoms with Crippen molar-refractivity contribution in [3.8, 4) is 0 Å². The number of unbranched alkanes of at least 4 members (excludes halogenated alkanes) is 22. The monoisotopic (exact) mass is 833 g/mol.